The Morgan fingerprint density at radius 2 is 1.18 bits per heavy atom. The minimum absolute atomic E-state index is 0.0598. The molecular formula is C30H49NO3. The average Bonchev–Trinajstić information content (AvgIpc) is 2.85. The van der Waals surface area contributed by atoms with Crippen LogP contribution in [0, 0.1) is 0 Å². The number of amides is 1. The number of carbonyl (C=O) groups excluding carboxylic acids is 2. The van der Waals surface area contributed by atoms with Crippen LogP contribution < -0.4 is 5.32 Å². The van der Waals surface area contributed by atoms with Crippen LogP contribution in [0.2, 0.25) is 0 Å². The molecule has 0 bridgehead atoms. The molecule has 0 fully saturated rings. The first kappa shape index (κ1) is 29.9. The second kappa shape index (κ2) is 21.4. The molecule has 0 radical (unpaired) electrons. The molecule has 0 saturated heterocycles. The van der Waals surface area contributed by atoms with Gasteiger partial charge in [0.05, 0.1) is 6.61 Å². The van der Waals surface area contributed by atoms with Crippen LogP contribution in [0.1, 0.15) is 122 Å². The fraction of sp³-hybridized carbons (Fsp3) is 0.667. The molecule has 0 aromatic heterocycles. The van der Waals surface area contributed by atoms with Gasteiger partial charge in [-0.15, -0.1) is 0 Å². The first-order chi connectivity index (χ1) is 16.7. The van der Waals surface area contributed by atoms with Gasteiger partial charge in [0.25, 0.3) is 5.91 Å². The van der Waals surface area contributed by atoms with E-state index in [1.54, 1.807) is 13.0 Å². The van der Waals surface area contributed by atoms with Crippen molar-refractivity contribution >= 4 is 18.0 Å². The van der Waals surface area contributed by atoms with Crippen LogP contribution in [0.4, 0.5) is 0 Å². The topological polar surface area (TPSA) is 55.4 Å². The highest BCUT2D eigenvalue weighted by Gasteiger charge is 2.19. The third-order valence-electron chi connectivity index (χ3n) is 6.17. The van der Waals surface area contributed by atoms with Crippen molar-refractivity contribution in [2.45, 2.75) is 117 Å². The quantitative estimate of drug-likeness (QED) is 0.0649. The number of hydrogen-bond donors (Lipinski definition) is 1. The van der Waals surface area contributed by atoms with E-state index in [2.05, 4.69) is 12.2 Å². The predicted molar refractivity (Wildman–Crippen MR) is 144 cm³/mol. The molecule has 0 spiro atoms. The highest BCUT2D eigenvalue weighted by atomic mass is 16.5. The number of nitrogens with one attached hydrogen (secondary N) is 1. The molecule has 0 aliphatic rings. The second-order valence-electron chi connectivity index (χ2n) is 9.25. The van der Waals surface area contributed by atoms with Gasteiger partial charge in [-0.3, -0.25) is 4.79 Å². The molecule has 1 rings (SSSR count). The van der Waals surface area contributed by atoms with E-state index in [4.69, 9.17) is 4.74 Å². The number of carbonyl (C=O) groups is 2. The van der Waals surface area contributed by atoms with Crippen molar-refractivity contribution in [3.63, 3.8) is 0 Å². The summed E-state index contributed by atoms with van der Waals surface area (Å²) in [6.45, 7) is 4.85. The highest BCUT2D eigenvalue weighted by Crippen LogP contribution is 2.14. The molecule has 4 heteroatoms. The molecule has 0 aliphatic carbocycles. The summed E-state index contributed by atoms with van der Waals surface area (Å²) < 4.78 is 5.07. The molecule has 0 heterocycles. The zero-order chi connectivity index (χ0) is 24.7. The molecule has 0 aliphatic heterocycles. The molecular weight excluding hydrogens is 422 g/mol. The number of esters is 1. The third kappa shape index (κ3) is 15.7. The first-order valence-corrected chi connectivity index (χ1v) is 13.9. The Morgan fingerprint density at radius 3 is 1.65 bits per heavy atom. The zero-order valence-corrected chi connectivity index (χ0v) is 21.9. The summed E-state index contributed by atoms with van der Waals surface area (Å²) in [4.78, 5) is 24.8. The molecule has 1 N–H and O–H groups in total. The Balaban J connectivity index is 2.05. The van der Waals surface area contributed by atoms with Crippen LogP contribution in [0.3, 0.4) is 0 Å². The SMILES string of the molecule is CCCCCCCCCCCCCCCCCCNC(=O)/C(=C/c1ccccc1)C(=O)OCC. The first-order valence-electron chi connectivity index (χ1n) is 13.9. The van der Waals surface area contributed by atoms with Gasteiger partial charge in [0, 0.05) is 6.54 Å². The Hall–Kier alpha value is -2.10. The lowest BCUT2D eigenvalue weighted by Gasteiger charge is -2.09. The molecule has 0 unspecified atom stereocenters. The fourth-order valence-electron chi connectivity index (χ4n) is 4.11. The van der Waals surface area contributed by atoms with Crippen LogP contribution in [-0.4, -0.2) is 25.0 Å². The largest absolute Gasteiger partial charge is 0.462 e. The van der Waals surface area contributed by atoms with Gasteiger partial charge >= 0.3 is 5.97 Å². The number of benzene rings is 1. The summed E-state index contributed by atoms with van der Waals surface area (Å²) in [5.41, 5.74) is 0.868. The molecule has 0 saturated carbocycles. The average molecular weight is 472 g/mol. The van der Waals surface area contributed by atoms with Gasteiger partial charge in [-0.05, 0) is 25.0 Å². The zero-order valence-electron chi connectivity index (χ0n) is 21.9. The summed E-state index contributed by atoms with van der Waals surface area (Å²) in [6, 6.07) is 9.38. The van der Waals surface area contributed by atoms with Crippen LogP contribution in [-0.2, 0) is 14.3 Å². The molecule has 34 heavy (non-hydrogen) atoms. The minimum Gasteiger partial charge on any atom is -0.462 e. The van der Waals surface area contributed by atoms with Gasteiger partial charge in [-0.2, -0.15) is 0 Å². The van der Waals surface area contributed by atoms with Crippen molar-refractivity contribution in [3.8, 4) is 0 Å². The smallest absolute Gasteiger partial charge is 0.343 e. The monoisotopic (exact) mass is 471 g/mol. The molecule has 4 nitrogen and oxygen atoms in total. The van der Waals surface area contributed by atoms with E-state index >= 15 is 0 Å². The fourth-order valence-corrected chi connectivity index (χ4v) is 4.11. The number of ether oxygens (including phenoxy) is 1. The maximum absolute atomic E-state index is 12.5. The predicted octanol–water partition coefficient (Wildman–Crippen LogP) is 8.01. The van der Waals surface area contributed by atoms with Crippen molar-refractivity contribution in [3.05, 3.63) is 41.5 Å². The van der Waals surface area contributed by atoms with Gasteiger partial charge in [0.2, 0.25) is 0 Å². The molecule has 1 amide bonds. The van der Waals surface area contributed by atoms with Crippen molar-refractivity contribution < 1.29 is 14.3 Å². The third-order valence-corrected chi connectivity index (χ3v) is 6.17. The molecule has 1 aromatic rings. The second-order valence-corrected chi connectivity index (χ2v) is 9.25. The van der Waals surface area contributed by atoms with Crippen molar-refractivity contribution in [2.24, 2.45) is 0 Å². The van der Waals surface area contributed by atoms with E-state index in [0.717, 1.165) is 18.4 Å². The van der Waals surface area contributed by atoms with Crippen molar-refractivity contribution in [1.82, 2.24) is 5.32 Å². The Morgan fingerprint density at radius 1 is 0.706 bits per heavy atom. The number of hydrogen-bond acceptors (Lipinski definition) is 3. The van der Waals surface area contributed by atoms with Gasteiger partial charge in [0.15, 0.2) is 0 Å². The van der Waals surface area contributed by atoms with Gasteiger partial charge < -0.3 is 10.1 Å². The lowest BCUT2D eigenvalue weighted by Crippen LogP contribution is -2.30. The molecule has 1 aromatic carbocycles. The molecule has 192 valence electrons. The lowest BCUT2D eigenvalue weighted by molar-refractivity contribution is -0.140. The van der Waals surface area contributed by atoms with Crippen LogP contribution >= 0.6 is 0 Å². The van der Waals surface area contributed by atoms with E-state index in [1.165, 1.54) is 89.9 Å². The summed E-state index contributed by atoms with van der Waals surface area (Å²) in [7, 11) is 0. The van der Waals surface area contributed by atoms with Crippen molar-refractivity contribution in [1.29, 1.82) is 0 Å². The van der Waals surface area contributed by atoms with Crippen LogP contribution in [0.15, 0.2) is 35.9 Å². The van der Waals surface area contributed by atoms with E-state index in [-0.39, 0.29) is 18.1 Å². The van der Waals surface area contributed by atoms with Crippen LogP contribution in [0.5, 0.6) is 0 Å². The number of unbranched alkanes of at least 4 members (excludes halogenated alkanes) is 15. The van der Waals surface area contributed by atoms with E-state index in [0.29, 0.717) is 6.54 Å². The maximum atomic E-state index is 12.5. The minimum atomic E-state index is -0.573. The molecule has 0 atom stereocenters. The van der Waals surface area contributed by atoms with Gasteiger partial charge in [-0.1, -0.05) is 134 Å². The van der Waals surface area contributed by atoms with E-state index < -0.39 is 5.97 Å². The highest BCUT2D eigenvalue weighted by molar-refractivity contribution is 6.19. The maximum Gasteiger partial charge on any atom is 0.343 e. The van der Waals surface area contributed by atoms with Crippen LogP contribution in [0.25, 0.3) is 6.08 Å². The van der Waals surface area contributed by atoms with Gasteiger partial charge in [-0.25, -0.2) is 4.79 Å². The standard InChI is InChI=1S/C30H49NO3/c1-3-5-6-7-8-9-10-11-12-13-14-15-16-17-18-22-25-31-29(32)28(30(33)34-4-2)26-27-23-20-19-21-24-27/h19-21,23-24,26H,3-18,22,25H2,1-2H3,(H,31,32)/b28-26-. The Labute approximate surface area is 208 Å². The Bertz CT molecular complexity index is 669. The number of rotatable bonds is 21. The normalized spacial score (nSPS) is 11.4. The van der Waals surface area contributed by atoms with Crippen molar-refractivity contribution in [2.75, 3.05) is 13.2 Å². The van der Waals surface area contributed by atoms with Gasteiger partial charge in [0.1, 0.15) is 5.57 Å². The summed E-state index contributed by atoms with van der Waals surface area (Å²) >= 11 is 0. The summed E-state index contributed by atoms with van der Waals surface area (Å²) in [5.74, 6) is -0.931. The Kier molecular flexibility index (Phi) is 18.9. The van der Waals surface area contributed by atoms with E-state index in [9.17, 15) is 9.59 Å². The lowest BCUT2D eigenvalue weighted by atomic mass is 10.0. The summed E-state index contributed by atoms with van der Waals surface area (Å²) in [5, 5.41) is 2.88. The van der Waals surface area contributed by atoms with E-state index in [1.807, 2.05) is 30.3 Å². The summed E-state index contributed by atoms with van der Waals surface area (Å²) in [6.07, 6.45) is 22.8.